The number of nitro groups is 1. The summed E-state index contributed by atoms with van der Waals surface area (Å²) in [5, 5.41) is 10.6. The largest absolute Gasteiger partial charge is 0.466 e. The number of ether oxygens (including phenoxy) is 1. The van der Waals surface area contributed by atoms with Gasteiger partial charge in [0.2, 0.25) is 6.04 Å². The molecule has 0 aliphatic heterocycles. The van der Waals surface area contributed by atoms with E-state index < -0.39 is 16.9 Å². The molecule has 0 aromatic heterocycles. The predicted molar refractivity (Wildman–Crippen MR) is 67.5 cm³/mol. The van der Waals surface area contributed by atoms with Crippen LogP contribution in [0.25, 0.3) is 6.08 Å². The van der Waals surface area contributed by atoms with E-state index in [0.717, 1.165) is 5.56 Å². The Balaban J connectivity index is 2.95. The molecule has 96 valence electrons. The molecular weight excluding hydrogens is 234 g/mol. The monoisotopic (exact) mass is 249 g/mol. The van der Waals surface area contributed by atoms with Crippen LogP contribution in [0.2, 0.25) is 0 Å². The van der Waals surface area contributed by atoms with Crippen LogP contribution < -0.4 is 0 Å². The lowest BCUT2D eigenvalue weighted by molar-refractivity contribution is -0.517. The van der Waals surface area contributed by atoms with E-state index in [1.54, 1.807) is 6.08 Å². The molecule has 1 atom stereocenters. The summed E-state index contributed by atoms with van der Waals surface area (Å²) in [5.74, 6) is -0.535. The van der Waals surface area contributed by atoms with Crippen LogP contribution in [0.4, 0.5) is 0 Å². The predicted octanol–water partition coefficient (Wildman–Crippen LogP) is 2.30. The van der Waals surface area contributed by atoms with Gasteiger partial charge < -0.3 is 4.74 Å². The summed E-state index contributed by atoms with van der Waals surface area (Å²) < 4.78 is 4.64. The molecule has 0 fully saturated rings. The maximum absolute atomic E-state index is 11.6. The van der Waals surface area contributed by atoms with Crippen LogP contribution >= 0.6 is 0 Å². The van der Waals surface area contributed by atoms with Gasteiger partial charge in [-0.05, 0) is 11.6 Å². The number of methoxy groups -OCH3 is 1. The highest BCUT2D eigenvalue weighted by atomic mass is 16.6. The molecule has 18 heavy (non-hydrogen) atoms. The SMILES string of the molecule is COC(=O)/C(=C\c1ccccc1)C[C@H](C)[N+](=O)[O-]. The third-order valence-corrected chi connectivity index (χ3v) is 2.46. The van der Waals surface area contributed by atoms with Crippen molar-refractivity contribution in [3.63, 3.8) is 0 Å². The lowest BCUT2D eigenvalue weighted by Crippen LogP contribution is -2.19. The van der Waals surface area contributed by atoms with Crippen molar-refractivity contribution < 1.29 is 14.5 Å². The van der Waals surface area contributed by atoms with E-state index in [4.69, 9.17) is 0 Å². The topological polar surface area (TPSA) is 69.4 Å². The molecule has 0 unspecified atom stereocenters. The van der Waals surface area contributed by atoms with E-state index in [1.807, 2.05) is 30.3 Å². The van der Waals surface area contributed by atoms with Crippen LogP contribution in [-0.2, 0) is 9.53 Å². The highest BCUT2D eigenvalue weighted by Gasteiger charge is 2.20. The number of nitrogens with zero attached hydrogens (tertiary/aromatic N) is 1. The van der Waals surface area contributed by atoms with Crippen molar-refractivity contribution in [2.45, 2.75) is 19.4 Å². The van der Waals surface area contributed by atoms with E-state index in [-0.39, 0.29) is 6.42 Å². The van der Waals surface area contributed by atoms with Gasteiger partial charge in [-0.3, -0.25) is 10.1 Å². The fourth-order valence-electron chi connectivity index (χ4n) is 1.48. The number of benzene rings is 1. The van der Waals surface area contributed by atoms with Crippen molar-refractivity contribution in [1.29, 1.82) is 0 Å². The van der Waals surface area contributed by atoms with Crippen LogP contribution in [0.1, 0.15) is 18.9 Å². The minimum Gasteiger partial charge on any atom is -0.466 e. The van der Waals surface area contributed by atoms with Crippen molar-refractivity contribution in [3.05, 3.63) is 51.6 Å². The first-order valence-corrected chi connectivity index (χ1v) is 5.52. The Labute approximate surface area is 105 Å². The van der Waals surface area contributed by atoms with E-state index >= 15 is 0 Å². The van der Waals surface area contributed by atoms with Crippen LogP contribution in [0.3, 0.4) is 0 Å². The van der Waals surface area contributed by atoms with E-state index in [2.05, 4.69) is 4.74 Å². The van der Waals surface area contributed by atoms with Gasteiger partial charge in [-0.25, -0.2) is 4.79 Å². The number of hydrogen-bond acceptors (Lipinski definition) is 4. The minimum absolute atomic E-state index is 0.0502. The first-order valence-electron chi connectivity index (χ1n) is 5.52. The number of hydrogen-bond donors (Lipinski definition) is 0. The third kappa shape index (κ3) is 4.01. The standard InChI is InChI=1S/C13H15NO4/c1-10(14(16)17)8-12(13(15)18-2)9-11-6-4-3-5-7-11/h3-7,9-10H,8H2,1-2H3/b12-9-/t10-/m0/s1. The van der Waals surface area contributed by atoms with Gasteiger partial charge in [0.15, 0.2) is 0 Å². The molecule has 0 aliphatic rings. The first kappa shape index (κ1) is 13.9. The zero-order valence-electron chi connectivity index (χ0n) is 10.3. The smallest absolute Gasteiger partial charge is 0.334 e. The first-order chi connectivity index (χ1) is 8.54. The summed E-state index contributed by atoms with van der Waals surface area (Å²) in [6.07, 6.45) is 1.67. The molecule has 0 aliphatic carbocycles. The Hall–Kier alpha value is -2.17. The number of carbonyl (C=O) groups is 1. The summed E-state index contributed by atoms with van der Waals surface area (Å²) in [7, 11) is 1.26. The minimum atomic E-state index is -0.820. The number of carbonyl (C=O) groups excluding carboxylic acids is 1. The lowest BCUT2D eigenvalue weighted by Gasteiger charge is -2.07. The second-order valence-corrected chi connectivity index (χ2v) is 3.91. The molecule has 5 heteroatoms. The second kappa shape index (κ2) is 6.54. The Morgan fingerprint density at radius 2 is 2.06 bits per heavy atom. The van der Waals surface area contributed by atoms with Gasteiger partial charge in [-0.1, -0.05) is 30.3 Å². The molecule has 1 aromatic rings. The van der Waals surface area contributed by atoms with Gasteiger partial charge in [0.1, 0.15) is 0 Å². The molecule has 0 bridgehead atoms. The van der Waals surface area contributed by atoms with Gasteiger partial charge >= 0.3 is 5.97 Å². The molecule has 1 aromatic carbocycles. The van der Waals surface area contributed by atoms with Crippen molar-refractivity contribution in [3.8, 4) is 0 Å². The molecule has 0 spiro atoms. The van der Waals surface area contributed by atoms with Crippen molar-refractivity contribution >= 4 is 12.0 Å². The highest BCUT2D eigenvalue weighted by Crippen LogP contribution is 2.14. The molecule has 5 nitrogen and oxygen atoms in total. The fraction of sp³-hybridized carbons (Fsp3) is 0.308. The number of rotatable bonds is 5. The molecule has 0 saturated carbocycles. The lowest BCUT2D eigenvalue weighted by atomic mass is 10.0. The Bertz CT molecular complexity index is 453. The molecule has 1 rings (SSSR count). The zero-order chi connectivity index (χ0) is 13.5. The van der Waals surface area contributed by atoms with E-state index in [0.29, 0.717) is 5.57 Å². The van der Waals surface area contributed by atoms with Gasteiger partial charge in [-0.15, -0.1) is 0 Å². The highest BCUT2D eigenvalue weighted by molar-refractivity contribution is 5.93. The third-order valence-electron chi connectivity index (χ3n) is 2.46. The van der Waals surface area contributed by atoms with Crippen LogP contribution in [-0.4, -0.2) is 24.0 Å². The van der Waals surface area contributed by atoms with Crippen LogP contribution in [0.5, 0.6) is 0 Å². The summed E-state index contributed by atoms with van der Waals surface area (Å²) in [5.41, 5.74) is 1.11. The maximum atomic E-state index is 11.6. The Kier molecular flexibility index (Phi) is 5.05. The summed E-state index contributed by atoms with van der Waals surface area (Å²) in [6, 6.07) is 8.34. The van der Waals surface area contributed by atoms with Gasteiger partial charge in [0, 0.05) is 23.8 Å². The second-order valence-electron chi connectivity index (χ2n) is 3.91. The summed E-state index contributed by atoms with van der Waals surface area (Å²) in [6.45, 7) is 1.46. The normalized spacial score (nSPS) is 12.9. The van der Waals surface area contributed by atoms with Crippen molar-refractivity contribution in [2.75, 3.05) is 7.11 Å². The molecule has 0 radical (unpaired) electrons. The van der Waals surface area contributed by atoms with E-state index in [1.165, 1.54) is 14.0 Å². The Morgan fingerprint density at radius 3 is 2.56 bits per heavy atom. The Morgan fingerprint density at radius 1 is 1.44 bits per heavy atom. The van der Waals surface area contributed by atoms with Gasteiger partial charge in [0.25, 0.3) is 0 Å². The van der Waals surface area contributed by atoms with Gasteiger partial charge in [0.05, 0.1) is 7.11 Å². The zero-order valence-corrected chi connectivity index (χ0v) is 10.3. The maximum Gasteiger partial charge on any atom is 0.334 e. The molecule has 0 amide bonds. The average molecular weight is 249 g/mol. The quantitative estimate of drug-likeness (QED) is 0.347. The van der Waals surface area contributed by atoms with Gasteiger partial charge in [-0.2, -0.15) is 0 Å². The molecular formula is C13H15NO4. The average Bonchev–Trinajstić information content (AvgIpc) is 2.38. The molecule has 0 saturated heterocycles. The molecule has 0 N–H and O–H groups in total. The fourth-order valence-corrected chi connectivity index (χ4v) is 1.48. The summed E-state index contributed by atoms with van der Waals surface area (Å²) in [4.78, 5) is 21.8. The molecule has 0 heterocycles. The van der Waals surface area contributed by atoms with Crippen LogP contribution in [0.15, 0.2) is 35.9 Å². The van der Waals surface area contributed by atoms with E-state index in [9.17, 15) is 14.9 Å². The summed E-state index contributed by atoms with van der Waals surface area (Å²) >= 11 is 0. The van der Waals surface area contributed by atoms with Crippen molar-refractivity contribution in [1.82, 2.24) is 0 Å². The van der Waals surface area contributed by atoms with Crippen LogP contribution in [0, 0.1) is 10.1 Å². The number of esters is 1. The van der Waals surface area contributed by atoms with Crippen molar-refractivity contribution in [2.24, 2.45) is 0 Å².